The molecule has 1 amide bonds. The smallest absolute Gasteiger partial charge is 0.244 e. The van der Waals surface area contributed by atoms with Crippen LogP contribution in [0, 0.1) is 0 Å². The number of rotatable bonds is 7. The van der Waals surface area contributed by atoms with Crippen LogP contribution in [-0.2, 0) is 19.6 Å². The molecule has 2 aromatic carbocycles. The van der Waals surface area contributed by atoms with Gasteiger partial charge >= 0.3 is 0 Å². The van der Waals surface area contributed by atoms with Crippen molar-refractivity contribution in [2.75, 3.05) is 25.0 Å². The fraction of sp³-hybridized carbons (Fsp3) is 0.300. The molecule has 8 nitrogen and oxygen atoms in total. The quantitative estimate of drug-likeness (QED) is 0.637. The van der Waals surface area contributed by atoms with E-state index in [4.69, 9.17) is 9.26 Å². The fourth-order valence-electron chi connectivity index (χ4n) is 3.44. The molecule has 1 atom stereocenters. The van der Waals surface area contributed by atoms with E-state index in [9.17, 15) is 13.2 Å². The minimum atomic E-state index is -3.94. The highest BCUT2D eigenvalue weighted by molar-refractivity contribution is 7.89. The second-order valence-electron chi connectivity index (χ2n) is 6.84. The molecular formula is C20H21N3O5S. The summed E-state index contributed by atoms with van der Waals surface area (Å²) in [6, 6.07) is 13.9. The lowest BCUT2D eigenvalue weighted by molar-refractivity contribution is -0.116. The first-order valence-electron chi connectivity index (χ1n) is 9.34. The second-order valence-corrected chi connectivity index (χ2v) is 8.75. The minimum absolute atomic E-state index is 0.109. The highest BCUT2D eigenvalue weighted by Gasteiger charge is 2.32. The monoisotopic (exact) mass is 415 g/mol. The number of benzene rings is 2. The van der Waals surface area contributed by atoms with E-state index < -0.39 is 15.9 Å². The van der Waals surface area contributed by atoms with Gasteiger partial charge in [-0.25, -0.2) is 8.42 Å². The number of sulfonamides is 1. The number of carbonyl (C=O) groups excluding carboxylic acids is 1. The number of hydrogen-bond donors (Lipinski definition) is 1. The summed E-state index contributed by atoms with van der Waals surface area (Å²) in [7, 11) is -3.94. The van der Waals surface area contributed by atoms with Crippen LogP contribution in [0.5, 0.6) is 0 Å². The molecule has 1 aromatic heterocycles. The zero-order valence-electron chi connectivity index (χ0n) is 15.7. The summed E-state index contributed by atoms with van der Waals surface area (Å²) in [5, 5.41) is 7.61. The Morgan fingerprint density at radius 2 is 2.00 bits per heavy atom. The highest BCUT2D eigenvalue weighted by atomic mass is 32.2. The van der Waals surface area contributed by atoms with Crippen LogP contribution in [0.2, 0.25) is 0 Å². The van der Waals surface area contributed by atoms with E-state index in [0.717, 1.165) is 18.2 Å². The van der Waals surface area contributed by atoms with Crippen molar-refractivity contribution >= 4 is 32.5 Å². The Kier molecular flexibility index (Phi) is 5.61. The lowest BCUT2D eigenvalue weighted by Crippen LogP contribution is -2.42. The summed E-state index contributed by atoms with van der Waals surface area (Å²) in [5.74, 6) is -0.268. The van der Waals surface area contributed by atoms with Crippen molar-refractivity contribution < 1.29 is 22.5 Å². The van der Waals surface area contributed by atoms with Crippen LogP contribution in [0.15, 0.2) is 64.2 Å². The van der Waals surface area contributed by atoms with Crippen molar-refractivity contribution in [2.45, 2.75) is 23.8 Å². The molecule has 0 radical (unpaired) electrons. The summed E-state index contributed by atoms with van der Waals surface area (Å²) < 4.78 is 38.6. The summed E-state index contributed by atoms with van der Waals surface area (Å²) in [6.45, 7) is 0.355. The number of amides is 1. The Hall–Kier alpha value is -2.75. The van der Waals surface area contributed by atoms with E-state index in [0.29, 0.717) is 12.0 Å². The highest BCUT2D eigenvalue weighted by Crippen LogP contribution is 2.27. The van der Waals surface area contributed by atoms with Crippen LogP contribution in [0.25, 0.3) is 10.8 Å². The minimum Gasteiger partial charge on any atom is -0.377 e. The molecule has 1 fully saturated rings. The molecule has 0 saturated carbocycles. The summed E-state index contributed by atoms with van der Waals surface area (Å²) in [6.07, 6.45) is 2.72. The van der Waals surface area contributed by atoms with Crippen molar-refractivity contribution in [2.24, 2.45) is 0 Å². The topological polar surface area (TPSA) is 102 Å². The maximum Gasteiger partial charge on any atom is 0.244 e. The third-order valence-corrected chi connectivity index (χ3v) is 6.69. The van der Waals surface area contributed by atoms with Gasteiger partial charge in [-0.3, -0.25) is 4.79 Å². The fourth-order valence-corrected chi connectivity index (χ4v) is 5.08. The number of nitrogens with one attached hydrogen (secondary N) is 1. The van der Waals surface area contributed by atoms with Crippen LogP contribution in [0.4, 0.5) is 5.82 Å². The summed E-state index contributed by atoms with van der Waals surface area (Å²) in [5.41, 5.74) is 0. The number of nitrogens with zero attached hydrogens (tertiary/aromatic N) is 2. The Balaban J connectivity index is 1.65. The van der Waals surface area contributed by atoms with Crippen LogP contribution in [0.1, 0.15) is 12.8 Å². The molecule has 1 aliphatic heterocycles. The first-order valence-corrected chi connectivity index (χ1v) is 10.8. The van der Waals surface area contributed by atoms with Crippen LogP contribution in [0.3, 0.4) is 0 Å². The number of hydrogen-bond acceptors (Lipinski definition) is 6. The van der Waals surface area contributed by atoms with Gasteiger partial charge in [0, 0.05) is 24.6 Å². The van der Waals surface area contributed by atoms with Crippen molar-refractivity contribution in [3.05, 3.63) is 54.8 Å². The predicted molar refractivity (Wildman–Crippen MR) is 107 cm³/mol. The first-order chi connectivity index (χ1) is 14.0. The number of ether oxygens (including phenoxy) is 1. The summed E-state index contributed by atoms with van der Waals surface area (Å²) in [4.78, 5) is 12.7. The molecule has 1 saturated heterocycles. The van der Waals surface area contributed by atoms with E-state index in [1.165, 1.54) is 16.6 Å². The molecule has 1 aliphatic rings. The van der Waals surface area contributed by atoms with Gasteiger partial charge in [0.2, 0.25) is 15.9 Å². The largest absolute Gasteiger partial charge is 0.377 e. The van der Waals surface area contributed by atoms with Gasteiger partial charge in [-0.1, -0.05) is 41.6 Å². The molecule has 9 heteroatoms. The van der Waals surface area contributed by atoms with Gasteiger partial charge in [-0.2, -0.15) is 4.31 Å². The number of aromatic nitrogens is 1. The van der Waals surface area contributed by atoms with Crippen molar-refractivity contribution in [1.82, 2.24) is 9.46 Å². The van der Waals surface area contributed by atoms with Gasteiger partial charge in [-0.05, 0) is 24.3 Å². The van der Waals surface area contributed by atoms with Crippen LogP contribution < -0.4 is 5.32 Å². The predicted octanol–water partition coefficient (Wildman–Crippen LogP) is 2.64. The van der Waals surface area contributed by atoms with Gasteiger partial charge in [0.25, 0.3) is 0 Å². The Morgan fingerprint density at radius 3 is 2.76 bits per heavy atom. The van der Waals surface area contributed by atoms with Gasteiger partial charge in [0.05, 0.1) is 17.5 Å². The Bertz CT molecular complexity index is 1090. The third-order valence-electron chi connectivity index (χ3n) is 4.82. The molecule has 2 heterocycles. The van der Waals surface area contributed by atoms with Crippen LogP contribution in [-0.4, -0.2) is 49.6 Å². The zero-order chi connectivity index (χ0) is 20.3. The molecule has 152 valence electrons. The van der Waals surface area contributed by atoms with Crippen molar-refractivity contribution in [3.8, 4) is 0 Å². The lowest BCUT2D eigenvalue weighted by Gasteiger charge is -2.25. The first kappa shape index (κ1) is 19.6. The molecule has 4 rings (SSSR count). The number of carbonyl (C=O) groups is 1. The van der Waals surface area contributed by atoms with E-state index in [1.54, 1.807) is 24.3 Å². The van der Waals surface area contributed by atoms with E-state index >= 15 is 0 Å². The Labute approximate surface area is 168 Å². The maximum atomic E-state index is 13.5. The molecule has 0 bridgehead atoms. The standard InChI is InChI=1S/C20H21N3O5S/c24-20(21-19-10-12-28-22-19)14-23(13-16-7-4-11-27-16)29(25,26)18-9-3-6-15-5-1-2-8-17(15)18/h1-3,5-6,8-10,12,16H,4,7,11,13-14H2,(H,21,22,24). The average Bonchev–Trinajstić information content (AvgIpc) is 3.41. The average molecular weight is 415 g/mol. The molecule has 3 aromatic rings. The van der Waals surface area contributed by atoms with E-state index in [1.807, 2.05) is 18.2 Å². The molecule has 0 spiro atoms. The van der Waals surface area contributed by atoms with Crippen molar-refractivity contribution in [1.29, 1.82) is 0 Å². The van der Waals surface area contributed by atoms with Crippen molar-refractivity contribution in [3.63, 3.8) is 0 Å². The molecular weight excluding hydrogens is 394 g/mol. The Morgan fingerprint density at radius 1 is 1.17 bits per heavy atom. The van der Waals surface area contributed by atoms with E-state index in [2.05, 4.69) is 10.5 Å². The molecule has 1 unspecified atom stereocenters. The third kappa shape index (κ3) is 4.31. The van der Waals surface area contributed by atoms with Gasteiger partial charge in [0.15, 0.2) is 5.82 Å². The molecule has 0 aliphatic carbocycles. The lowest BCUT2D eigenvalue weighted by atomic mass is 10.1. The summed E-state index contributed by atoms with van der Waals surface area (Å²) >= 11 is 0. The van der Waals surface area contributed by atoms with E-state index in [-0.39, 0.29) is 29.9 Å². The van der Waals surface area contributed by atoms with Crippen LogP contribution >= 0.6 is 0 Å². The van der Waals surface area contributed by atoms with Gasteiger partial charge in [-0.15, -0.1) is 0 Å². The normalized spacial score (nSPS) is 17.1. The number of anilines is 1. The van der Waals surface area contributed by atoms with Gasteiger partial charge in [0.1, 0.15) is 6.26 Å². The second kappa shape index (κ2) is 8.32. The van der Waals surface area contributed by atoms with Gasteiger partial charge < -0.3 is 14.6 Å². The number of fused-ring (bicyclic) bond motifs is 1. The molecule has 29 heavy (non-hydrogen) atoms. The maximum absolute atomic E-state index is 13.5. The zero-order valence-corrected chi connectivity index (χ0v) is 16.5. The molecule has 1 N–H and O–H groups in total. The SMILES string of the molecule is O=C(CN(CC1CCCO1)S(=O)(=O)c1cccc2ccccc12)Nc1ccon1.